The van der Waals surface area contributed by atoms with Crippen LogP contribution in [0.3, 0.4) is 0 Å². The predicted octanol–water partition coefficient (Wildman–Crippen LogP) is 4.34. The van der Waals surface area contributed by atoms with E-state index in [9.17, 15) is 37.5 Å². The number of rotatable bonds is 10. The van der Waals surface area contributed by atoms with E-state index < -0.39 is 75.1 Å². The third kappa shape index (κ3) is 10.3. The molecule has 3 aliphatic heterocycles. The van der Waals surface area contributed by atoms with E-state index in [0.29, 0.717) is 46.6 Å². The second-order valence-electron chi connectivity index (χ2n) is 18.9. The molecule has 6 atom stereocenters. The van der Waals surface area contributed by atoms with Gasteiger partial charge in [-0.1, -0.05) is 52.9 Å². The van der Waals surface area contributed by atoms with Crippen LogP contribution in [0, 0.1) is 11.3 Å². The van der Waals surface area contributed by atoms with Crippen LogP contribution in [0.15, 0.2) is 29.6 Å². The summed E-state index contributed by atoms with van der Waals surface area (Å²) in [6.07, 6.45) is 4.06. The van der Waals surface area contributed by atoms with Crippen molar-refractivity contribution in [3.8, 4) is 22.9 Å². The number of aromatic nitrogens is 2. The van der Waals surface area contributed by atoms with Gasteiger partial charge in [-0.15, -0.1) is 11.3 Å². The molecule has 1 unspecified atom stereocenters. The lowest BCUT2D eigenvalue weighted by atomic mass is 9.86. The molecule has 1 aromatic carbocycles. The average Bonchev–Trinajstić information content (AvgIpc) is 3.48. The number of hydrogen-bond acceptors (Lipinski definition) is 13. The standard InChI is InChI=1S/C44H61N9O10S2/c1-25(2)45-42-48-33(24-64-42)32-21-35(29-16-15-27(62-7)19-31(29)46-32)63-28-20-34-37(54)50-44(40(57)58)22-26(44)13-11-9-8-10-12-14-30(38(55)52(34)23-28)47-41(59)49-36(43(3,4)5)39(56)53-18-17-51(6)65(53,60)61/h15-16,19,21,24-26,28,30,34,36H,8-14,17-18,20,22-23H2,1-7H3,(H,45,48)(H,50,54)(H,57,58)(H2,47,49,59)/t26?,28-,30+,34+,36-,44-/m1/s1. The van der Waals surface area contributed by atoms with Crippen LogP contribution >= 0.6 is 11.3 Å². The number of thiazole rings is 1. The molecule has 3 aromatic rings. The Labute approximate surface area is 383 Å². The number of ether oxygens (including phenoxy) is 2. The molecule has 0 bridgehead atoms. The van der Waals surface area contributed by atoms with Gasteiger partial charge in [0, 0.05) is 49.0 Å². The molecule has 65 heavy (non-hydrogen) atoms. The van der Waals surface area contributed by atoms with Gasteiger partial charge in [-0.25, -0.2) is 23.9 Å². The Morgan fingerprint density at radius 2 is 1.74 bits per heavy atom. The quantitative estimate of drug-likeness (QED) is 0.190. The van der Waals surface area contributed by atoms with E-state index in [2.05, 4.69) is 21.3 Å². The van der Waals surface area contributed by atoms with Crippen LogP contribution in [-0.2, 0) is 29.4 Å². The Morgan fingerprint density at radius 1 is 1.02 bits per heavy atom. The molecule has 21 heteroatoms. The number of methoxy groups -OCH3 is 1. The van der Waals surface area contributed by atoms with Crippen LogP contribution in [0.5, 0.6) is 11.5 Å². The maximum atomic E-state index is 14.9. The zero-order valence-electron chi connectivity index (χ0n) is 38.0. The minimum atomic E-state index is -4.08. The number of amides is 5. The molecule has 3 saturated heterocycles. The molecule has 19 nitrogen and oxygen atoms in total. The minimum absolute atomic E-state index is 0.00464. The number of carbonyl (C=O) groups is 5. The lowest BCUT2D eigenvalue weighted by Crippen LogP contribution is -2.60. The van der Waals surface area contributed by atoms with Gasteiger partial charge in [-0.05, 0) is 56.6 Å². The van der Waals surface area contributed by atoms with Crippen molar-refractivity contribution in [1.29, 1.82) is 0 Å². The van der Waals surface area contributed by atoms with Crippen LogP contribution in [0.2, 0.25) is 0 Å². The van der Waals surface area contributed by atoms with Crippen LogP contribution in [0.1, 0.15) is 92.4 Å². The van der Waals surface area contributed by atoms with Crippen molar-refractivity contribution in [3.05, 3.63) is 29.6 Å². The molecule has 4 aliphatic rings. The number of hydrogen-bond donors (Lipinski definition) is 5. The number of carboxylic acid groups (broad SMARTS) is 1. The number of pyridine rings is 1. The van der Waals surface area contributed by atoms with Gasteiger partial charge >= 0.3 is 22.2 Å². The highest BCUT2D eigenvalue weighted by atomic mass is 32.2. The summed E-state index contributed by atoms with van der Waals surface area (Å²) in [7, 11) is -1.15. The summed E-state index contributed by atoms with van der Waals surface area (Å²) < 4.78 is 40.0. The van der Waals surface area contributed by atoms with Gasteiger partial charge in [0.15, 0.2) is 5.13 Å². The van der Waals surface area contributed by atoms with Crippen LogP contribution in [0.4, 0.5) is 9.93 Å². The number of carboxylic acids is 1. The lowest BCUT2D eigenvalue weighted by molar-refractivity contribution is -0.145. The van der Waals surface area contributed by atoms with Gasteiger partial charge in [0.05, 0.1) is 31.4 Å². The Morgan fingerprint density at radius 3 is 2.40 bits per heavy atom. The normalized spacial score (nSPS) is 25.7. The Balaban J connectivity index is 1.20. The molecule has 0 radical (unpaired) electrons. The monoisotopic (exact) mass is 939 g/mol. The molecule has 5 N–H and O–H groups in total. The van der Waals surface area contributed by atoms with E-state index in [1.54, 1.807) is 46.1 Å². The molecule has 5 heterocycles. The van der Waals surface area contributed by atoms with Crippen molar-refractivity contribution in [3.63, 3.8) is 0 Å². The molecule has 7 rings (SSSR count). The third-order valence-electron chi connectivity index (χ3n) is 12.7. The SMILES string of the molecule is COc1ccc2c(O[C@@H]3C[C@H]4C(=O)N[C@]5(C(=O)O)CC5CCCCCCC[C@H](NC(=O)N[C@H](C(=O)N5CCN(C)S5(=O)=O)C(C)(C)C)C(=O)N4C3)cc(-c3csc(NC(C)C)n3)nc2c1. The lowest BCUT2D eigenvalue weighted by Gasteiger charge is -2.34. The maximum absolute atomic E-state index is 14.9. The number of nitrogens with one attached hydrogen (secondary N) is 4. The largest absolute Gasteiger partial charge is 0.497 e. The van der Waals surface area contributed by atoms with Crippen molar-refractivity contribution in [2.45, 2.75) is 128 Å². The Kier molecular flexibility index (Phi) is 13.9. The van der Waals surface area contributed by atoms with Gasteiger partial charge in [0.25, 0.3) is 5.91 Å². The van der Waals surface area contributed by atoms with Gasteiger partial charge in [0.1, 0.15) is 47.0 Å². The fraction of sp³-hybridized carbons (Fsp3) is 0.614. The van der Waals surface area contributed by atoms with Crippen molar-refractivity contribution in [2.24, 2.45) is 11.3 Å². The number of anilines is 1. The summed E-state index contributed by atoms with van der Waals surface area (Å²) in [6, 6.07) is 2.80. The number of aliphatic carboxylic acids is 1. The fourth-order valence-electron chi connectivity index (χ4n) is 8.95. The highest BCUT2D eigenvalue weighted by Crippen LogP contribution is 2.48. The number of nitrogens with zero attached hydrogens (tertiary/aromatic N) is 5. The first kappa shape index (κ1) is 47.7. The molecule has 0 spiro atoms. The highest BCUT2D eigenvalue weighted by Gasteiger charge is 2.62. The summed E-state index contributed by atoms with van der Waals surface area (Å²) >= 11 is 1.44. The Bertz CT molecular complexity index is 2420. The first-order valence-corrected chi connectivity index (χ1v) is 24.6. The van der Waals surface area contributed by atoms with Crippen molar-refractivity contribution < 1.29 is 47.0 Å². The number of carbonyl (C=O) groups excluding carboxylic acids is 4. The highest BCUT2D eigenvalue weighted by molar-refractivity contribution is 7.87. The second kappa shape index (κ2) is 18.9. The average molecular weight is 940 g/mol. The van der Waals surface area contributed by atoms with E-state index in [1.807, 2.05) is 25.3 Å². The van der Waals surface area contributed by atoms with Crippen molar-refractivity contribution >= 4 is 67.3 Å². The molecule has 354 valence electrons. The first-order valence-electron chi connectivity index (χ1n) is 22.3. The van der Waals surface area contributed by atoms with E-state index >= 15 is 0 Å². The van der Waals surface area contributed by atoms with Crippen LogP contribution < -0.4 is 30.7 Å². The van der Waals surface area contributed by atoms with E-state index in [1.165, 1.54) is 23.3 Å². The summed E-state index contributed by atoms with van der Waals surface area (Å²) in [6.45, 7) is 9.07. The zero-order chi connectivity index (χ0) is 47.0. The van der Waals surface area contributed by atoms with Crippen molar-refractivity contribution in [1.82, 2.24) is 39.4 Å². The minimum Gasteiger partial charge on any atom is -0.497 e. The topological polar surface area (TPSA) is 242 Å². The molecule has 5 amide bonds. The summed E-state index contributed by atoms with van der Waals surface area (Å²) in [4.78, 5) is 80.9. The van der Waals surface area contributed by atoms with Gasteiger partial charge < -0.3 is 40.7 Å². The Hall–Kier alpha value is -5.28. The van der Waals surface area contributed by atoms with E-state index in [4.69, 9.17) is 19.4 Å². The molecule has 2 aromatic heterocycles. The van der Waals surface area contributed by atoms with Gasteiger partial charge in [-0.2, -0.15) is 12.7 Å². The molecular weight excluding hydrogens is 879 g/mol. The fourth-order valence-corrected chi connectivity index (χ4v) is 11.1. The molecule has 4 fully saturated rings. The van der Waals surface area contributed by atoms with Gasteiger partial charge in [0.2, 0.25) is 11.8 Å². The van der Waals surface area contributed by atoms with E-state index in [-0.39, 0.29) is 50.9 Å². The van der Waals surface area contributed by atoms with Crippen LogP contribution in [-0.4, -0.2) is 136 Å². The third-order valence-corrected chi connectivity index (χ3v) is 15.4. The van der Waals surface area contributed by atoms with Gasteiger partial charge in [-0.3, -0.25) is 14.4 Å². The maximum Gasteiger partial charge on any atom is 0.329 e. The number of fused-ring (bicyclic) bond motifs is 3. The van der Waals surface area contributed by atoms with Crippen LogP contribution in [0.25, 0.3) is 22.3 Å². The number of urea groups is 1. The second-order valence-corrected chi connectivity index (χ2v) is 21.7. The molecular formula is C44H61N9O10S2. The molecule has 1 aliphatic carbocycles. The molecule has 1 saturated carbocycles. The number of benzene rings is 1. The predicted molar refractivity (Wildman–Crippen MR) is 244 cm³/mol. The smallest absolute Gasteiger partial charge is 0.329 e. The van der Waals surface area contributed by atoms with E-state index in [0.717, 1.165) is 39.4 Å². The summed E-state index contributed by atoms with van der Waals surface area (Å²) in [5, 5.41) is 25.2. The van der Waals surface area contributed by atoms with Crippen molar-refractivity contribution in [2.75, 3.05) is 39.1 Å². The number of likely N-dealkylation sites (N-methyl/N-ethyl adjacent to an activating group) is 1. The summed E-state index contributed by atoms with van der Waals surface area (Å²) in [5.74, 6) is -2.42. The summed E-state index contributed by atoms with van der Waals surface area (Å²) in [5.41, 5.74) is -0.702. The first-order chi connectivity index (χ1) is 30.7. The zero-order valence-corrected chi connectivity index (χ0v) is 39.6.